The van der Waals surface area contributed by atoms with Crippen LogP contribution in [0.25, 0.3) is 0 Å². The fraction of sp³-hybridized carbons (Fsp3) is 0.483. The number of nitrogens with zero attached hydrogens (tertiary/aromatic N) is 1. The normalized spacial score (nSPS) is 18.0. The molecule has 31 heavy (non-hydrogen) atoms. The molecule has 2 aromatic rings. The number of nitriles is 1. The lowest BCUT2D eigenvalue weighted by molar-refractivity contribution is 0.250. The van der Waals surface area contributed by atoms with E-state index in [0.717, 1.165) is 29.4 Å². The molecule has 1 saturated carbocycles. The molecule has 2 heteroatoms. The van der Waals surface area contributed by atoms with Gasteiger partial charge in [0.25, 0.3) is 0 Å². The number of hydrogen-bond acceptors (Lipinski definition) is 2. The molecule has 0 atom stereocenters. The van der Waals surface area contributed by atoms with Gasteiger partial charge in [-0.25, -0.2) is 0 Å². The summed E-state index contributed by atoms with van der Waals surface area (Å²) in [6, 6.07) is 16.3. The monoisotopic (exact) mass is 413 g/mol. The Labute approximate surface area is 188 Å². The van der Waals surface area contributed by atoms with Crippen LogP contribution in [0.4, 0.5) is 0 Å². The van der Waals surface area contributed by atoms with Crippen molar-refractivity contribution in [1.82, 2.24) is 0 Å². The van der Waals surface area contributed by atoms with E-state index in [2.05, 4.69) is 49.1 Å². The van der Waals surface area contributed by atoms with Crippen molar-refractivity contribution in [1.29, 1.82) is 5.26 Å². The zero-order valence-corrected chi connectivity index (χ0v) is 19.1. The summed E-state index contributed by atoms with van der Waals surface area (Å²) in [5, 5.41) is 9.39. The minimum Gasteiger partial charge on any atom is -0.494 e. The molecule has 0 bridgehead atoms. The molecule has 3 rings (SSSR count). The van der Waals surface area contributed by atoms with Gasteiger partial charge < -0.3 is 4.74 Å². The van der Waals surface area contributed by atoms with Gasteiger partial charge in [-0.15, -0.1) is 0 Å². The van der Waals surface area contributed by atoms with Gasteiger partial charge >= 0.3 is 0 Å². The molecule has 2 aromatic carbocycles. The van der Waals surface area contributed by atoms with Crippen molar-refractivity contribution >= 4 is 0 Å². The standard InChI is InChI=1S/C29H35NO/c1-3-5-6-23-7-9-24(10-8-23)11-12-25-13-15-26(16-14-25)17-18-27-19-20-29(31-4-2)21-28(27)22-30/h13-16,19-21,23-24H,3-12H2,1-2H3. The lowest BCUT2D eigenvalue weighted by atomic mass is 9.78. The molecule has 1 fully saturated rings. The van der Waals surface area contributed by atoms with Crippen LogP contribution in [0, 0.1) is 35.0 Å². The number of unbranched alkanes of at least 4 members (excludes halogenated alkanes) is 1. The Kier molecular flexibility index (Phi) is 9.05. The number of aryl methyl sites for hydroxylation is 1. The van der Waals surface area contributed by atoms with Gasteiger partial charge in [0.05, 0.1) is 12.2 Å². The number of ether oxygens (including phenoxy) is 1. The Morgan fingerprint density at radius 3 is 2.23 bits per heavy atom. The first-order valence-electron chi connectivity index (χ1n) is 12.0. The molecule has 162 valence electrons. The molecule has 0 heterocycles. The third kappa shape index (κ3) is 7.18. The minimum absolute atomic E-state index is 0.555. The molecule has 2 nitrogen and oxygen atoms in total. The van der Waals surface area contributed by atoms with E-state index in [1.807, 2.05) is 19.1 Å². The van der Waals surface area contributed by atoms with Crippen molar-refractivity contribution in [2.24, 2.45) is 11.8 Å². The fourth-order valence-corrected chi connectivity index (χ4v) is 4.55. The second-order valence-electron chi connectivity index (χ2n) is 8.77. The third-order valence-electron chi connectivity index (χ3n) is 6.49. The van der Waals surface area contributed by atoms with Gasteiger partial charge in [-0.05, 0) is 67.5 Å². The first-order chi connectivity index (χ1) is 15.2. The Balaban J connectivity index is 1.51. The molecule has 0 N–H and O–H groups in total. The number of hydrogen-bond donors (Lipinski definition) is 0. The highest BCUT2D eigenvalue weighted by Crippen LogP contribution is 2.34. The molecule has 1 aliphatic carbocycles. The van der Waals surface area contributed by atoms with E-state index >= 15 is 0 Å². The van der Waals surface area contributed by atoms with Crippen LogP contribution in [0.5, 0.6) is 5.75 Å². The molecule has 0 saturated heterocycles. The minimum atomic E-state index is 0.555. The second kappa shape index (κ2) is 12.2. The lowest BCUT2D eigenvalue weighted by Gasteiger charge is -2.28. The first kappa shape index (κ1) is 23.0. The summed E-state index contributed by atoms with van der Waals surface area (Å²) >= 11 is 0. The van der Waals surface area contributed by atoms with Gasteiger partial charge in [-0.2, -0.15) is 5.26 Å². The van der Waals surface area contributed by atoms with E-state index in [-0.39, 0.29) is 0 Å². The summed E-state index contributed by atoms with van der Waals surface area (Å²) in [6.07, 6.45) is 12.4. The van der Waals surface area contributed by atoms with Gasteiger partial charge in [0.1, 0.15) is 11.8 Å². The average Bonchev–Trinajstić information content (AvgIpc) is 2.82. The maximum atomic E-state index is 9.39. The Morgan fingerprint density at radius 1 is 0.871 bits per heavy atom. The van der Waals surface area contributed by atoms with Crippen LogP contribution in [-0.2, 0) is 6.42 Å². The molecule has 0 aromatic heterocycles. The van der Waals surface area contributed by atoms with E-state index in [4.69, 9.17) is 4.74 Å². The van der Waals surface area contributed by atoms with E-state index in [9.17, 15) is 5.26 Å². The van der Waals surface area contributed by atoms with Gasteiger partial charge in [0, 0.05) is 11.1 Å². The molecule has 0 spiro atoms. The summed E-state index contributed by atoms with van der Waals surface area (Å²) in [6.45, 7) is 4.82. The van der Waals surface area contributed by atoms with Crippen molar-refractivity contribution in [3.63, 3.8) is 0 Å². The summed E-state index contributed by atoms with van der Waals surface area (Å²) in [4.78, 5) is 0. The molecule has 0 aliphatic heterocycles. The lowest BCUT2D eigenvalue weighted by Crippen LogP contribution is -2.15. The third-order valence-corrected chi connectivity index (χ3v) is 6.49. The zero-order valence-electron chi connectivity index (χ0n) is 19.1. The van der Waals surface area contributed by atoms with Crippen LogP contribution in [0.2, 0.25) is 0 Å². The average molecular weight is 414 g/mol. The Morgan fingerprint density at radius 2 is 1.58 bits per heavy atom. The van der Waals surface area contributed by atoms with Crippen molar-refractivity contribution in [3.05, 3.63) is 64.7 Å². The fourth-order valence-electron chi connectivity index (χ4n) is 4.55. The number of rotatable bonds is 8. The Hall–Kier alpha value is -2.71. The van der Waals surface area contributed by atoms with E-state index in [0.29, 0.717) is 17.9 Å². The molecule has 1 aliphatic rings. The number of benzene rings is 2. The largest absolute Gasteiger partial charge is 0.494 e. The summed E-state index contributed by atoms with van der Waals surface area (Å²) in [5.41, 5.74) is 3.68. The van der Waals surface area contributed by atoms with Crippen LogP contribution in [0.3, 0.4) is 0 Å². The highest BCUT2D eigenvalue weighted by molar-refractivity contribution is 5.53. The zero-order chi connectivity index (χ0) is 21.9. The predicted octanol–water partition coefficient (Wildman–Crippen LogP) is 7.29. The maximum absolute atomic E-state index is 9.39. The van der Waals surface area contributed by atoms with Crippen molar-refractivity contribution in [2.45, 2.75) is 71.6 Å². The molecule has 0 amide bonds. The summed E-state index contributed by atoms with van der Waals surface area (Å²) in [7, 11) is 0. The van der Waals surface area contributed by atoms with Crippen LogP contribution in [0.15, 0.2) is 42.5 Å². The van der Waals surface area contributed by atoms with Gasteiger partial charge in [-0.3, -0.25) is 0 Å². The Bertz CT molecular complexity index is 918. The van der Waals surface area contributed by atoms with Gasteiger partial charge in [0.15, 0.2) is 0 Å². The van der Waals surface area contributed by atoms with Crippen LogP contribution < -0.4 is 4.74 Å². The molecule has 0 radical (unpaired) electrons. The van der Waals surface area contributed by atoms with Gasteiger partial charge in [-0.1, -0.05) is 75.8 Å². The van der Waals surface area contributed by atoms with E-state index in [1.165, 1.54) is 56.9 Å². The van der Waals surface area contributed by atoms with E-state index in [1.54, 1.807) is 6.07 Å². The smallest absolute Gasteiger partial charge is 0.120 e. The highest BCUT2D eigenvalue weighted by atomic mass is 16.5. The molecular formula is C29H35NO. The maximum Gasteiger partial charge on any atom is 0.120 e. The van der Waals surface area contributed by atoms with Crippen LogP contribution >= 0.6 is 0 Å². The van der Waals surface area contributed by atoms with E-state index < -0.39 is 0 Å². The SMILES string of the molecule is CCCCC1CCC(CCc2ccc(C#Cc3ccc(OCC)cc3C#N)cc2)CC1. The predicted molar refractivity (Wildman–Crippen MR) is 128 cm³/mol. The molecule has 0 unspecified atom stereocenters. The first-order valence-corrected chi connectivity index (χ1v) is 12.0. The van der Waals surface area contributed by atoms with Crippen molar-refractivity contribution in [3.8, 4) is 23.7 Å². The van der Waals surface area contributed by atoms with Crippen LogP contribution in [0.1, 0.15) is 87.5 Å². The summed E-state index contributed by atoms with van der Waals surface area (Å²) < 4.78 is 5.47. The van der Waals surface area contributed by atoms with Crippen molar-refractivity contribution < 1.29 is 4.74 Å². The molecular weight excluding hydrogens is 378 g/mol. The van der Waals surface area contributed by atoms with Gasteiger partial charge in [0.2, 0.25) is 0 Å². The topological polar surface area (TPSA) is 33.0 Å². The quantitative estimate of drug-likeness (QED) is 0.426. The highest BCUT2D eigenvalue weighted by Gasteiger charge is 2.20. The van der Waals surface area contributed by atoms with Crippen LogP contribution in [-0.4, -0.2) is 6.61 Å². The summed E-state index contributed by atoms with van der Waals surface area (Å²) in [5.74, 6) is 8.95. The van der Waals surface area contributed by atoms with Crippen molar-refractivity contribution in [2.75, 3.05) is 6.61 Å². The second-order valence-corrected chi connectivity index (χ2v) is 8.77.